The Morgan fingerprint density at radius 2 is 2.18 bits per heavy atom. The summed E-state index contributed by atoms with van der Waals surface area (Å²) < 4.78 is 39.2. The minimum absolute atomic E-state index is 0.0488. The van der Waals surface area contributed by atoms with Crippen molar-refractivity contribution in [1.82, 2.24) is 10.2 Å². The van der Waals surface area contributed by atoms with E-state index in [9.17, 15) is 12.8 Å². The molecule has 0 saturated carbocycles. The van der Waals surface area contributed by atoms with Crippen molar-refractivity contribution in [1.29, 1.82) is 0 Å². The smallest absolute Gasteiger partial charge is 0.268 e. The van der Waals surface area contributed by atoms with Gasteiger partial charge >= 0.3 is 0 Å². The second kappa shape index (κ2) is 4.26. The van der Waals surface area contributed by atoms with Crippen molar-refractivity contribution in [2.75, 3.05) is 10.5 Å². The van der Waals surface area contributed by atoms with Gasteiger partial charge in [0.1, 0.15) is 16.2 Å². The SMILES string of the molecule is Nc1cccc(F)c1S(=O)(=O)Nc1nncs1. The lowest BCUT2D eigenvalue weighted by atomic mass is 10.3. The topological polar surface area (TPSA) is 98.0 Å². The Kier molecular flexibility index (Phi) is 2.94. The van der Waals surface area contributed by atoms with Gasteiger partial charge in [-0.05, 0) is 12.1 Å². The Hall–Kier alpha value is -1.74. The van der Waals surface area contributed by atoms with E-state index < -0.39 is 20.7 Å². The van der Waals surface area contributed by atoms with E-state index in [1.54, 1.807) is 0 Å². The van der Waals surface area contributed by atoms with E-state index in [0.717, 1.165) is 17.4 Å². The molecule has 0 atom stereocenters. The van der Waals surface area contributed by atoms with Crippen LogP contribution in [-0.2, 0) is 10.0 Å². The average molecular weight is 274 g/mol. The van der Waals surface area contributed by atoms with E-state index >= 15 is 0 Å². The lowest BCUT2D eigenvalue weighted by Crippen LogP contribution is -2.16. The lowest BCUT2D eigenvalue weighted by Gasteiger charge is -2.08. The molecule has 0 spiro atoms. The molecule has 1 aromatic heterocycles. The van der Waals surface area contributed by atoms with Gasteiger partial charge in [-0.1, -0.05) is 17.4 Å². The molecule has 0 saturated heterocycles. The Labute approximate surface area is 100 Å². The van der Waals surface area contributed by atoms with Crippen LogP contribution >= 0.6 is 11.3 Å². The summed E-state index contributed by atoms with van der Waals surface area (Å²) in [4.78, 5) is -0.588. The maximum absolute atomic E-state index is 13.4. The number of nitrogens with two attached hydrogens (primary N) is 1. The van der Waals surface area contributed by atoms with Crippen molar-refractivity contribution in [3.63, 3.8) is 0 Å². The fraction of sp³-hybridized carbons (Fsp3) is 0. The number of halogens is 1. The number of nitrogen functional groups attached to an aromatic ring is 1. The van der Waals surface area contributed by atoms with Crippen LogP contribution in [0.15, 0.2) is 28.6 Å². The molecule has 0 fully saturated rings. The highest BCUT2D eigenvalue weighted by Gasteiger charge is 2.23. The first-order chi connectivity index (χ1) is 8.00. The van der Waals surface area contributed by atoms with Gasteiger partial charge in [0.15, 0.2) is 0 Å². The zero-order valence-electron chi connectivity index (χ0n) is 8.29. The first-order valence-electron chi connectivity index (χ1n) is 4.33. The van der Waals surface area contributed by atoms with Crippen molar-refractivity contribution in [3.8, 4) is 0 Å². The molecule has 0 aliphatic heterocycles. The van der Waals surface area contributed by atoms with E-state index in [4.69, 9.17) is 5.73 Å². The average Bonchev–Trinajstić information content (AvgIpc) is 2.68. The second-order valence-electron chi connectivity index (χ2n) is 3.01. The highest BCUT2D eigenvalue weighted by Crippen LogP contribution is 2.24. The summed E-state index contributed by atoms with van der Waals surface area (Å²) in [6, 6.07) is 3.65. The van der Waals surface area contributed by atoms with Crippen LogP contribution in [0.3, 0.4) is 0 Å². The summed E-state index contributed by atoms with van der Waals surface area (Å²) in [6.45, 7) is 0. The molecule has 0 bridgehead atoms. The molecule has 0 radical (unpaired) electrons. The third kappa shape index (κ3) is 2.34. The van der Waals surface area contributed by atoms with Crippen LogP contribution in [0.25, 0.3) is 0 Å². The maximum Gasteiger partial charge on any atom is 0.268 e. The van der Waals surface area contributed by atoms with E-state index in [2.05, 4.69) is 14.9 Å². The maximum atomic E-state index is 13.4. The van der Waals surface area contributed by atoms with Gasteiger partial charge in [-0.15, -0.1) is 10.2 Å². The number of benzene rings is 1. The van der Waals surface area contributed by atoms with Crippen molar-refractivity contribution in [2.24, 2.45) is 0 Å². The molecule has 0 amide bonds. The number of aromatic nitrogens is 2. The number of anilines is 2. The number of hydrogen-bond donors (Lipinski definition) is 2. The van der Waals surface area contributed by atoms with Crippen LogP contribution in [0.5, 0.6) is 0 Å². The summed E-state index contributed by atoms with van der Waals surface area (Å²) in [6.07, 6.45) is 0. The number of sulfonamides is 1. The zero-order valence-corrected chi connectivity index (χ0v) is 9.93. The van der Waals surface area contributed by atoms with Gasteiger partial charge in [0, 0.05) is 0 Å². The van der Waals surface area contributed by atoms with Gasteiger partial charge in [-0.3, -0.25) is 4.72 Å². The van der Waals surface area contributed by atoms with Crippen molar-refractivity contribution < 1.29 is 12.8 Å². The minimum atomic E-state index is -4.09. The largest absolute Gasteiger partial charge is 0.398 e. The van der Waals surface area contributed by atoms with Gasteiger partial charge in [0.2, 0.25) is 5.13 Å². The quantitative estimate of drug-likeness (QED) is 0.815. The zero-order chi connectivity index (χ0) is 12.5. The summed E-state index contributed by atoms with van der Waals surface area (Å²) in [5.41, 5.74) is 6.63. The molecule has 2 aromatic rings. The molecule has 0 aliphatic rings. The number of nitrogens with one attached hydrogen (secondary N) is 1. The molecular formula is C8H7FN4O2S2. The number of hydrogen-bond acceptors (Lipinski definition) is 6. The summed E-state index contributed by atoms with van der Waals surface area (Å²) >= 11 is 0.980. The van der Waals surface area contributed by atoms with Crippen LogP contribution in [0, 0.1) is 5.82 Å². The lowest BCUT2D eigenvalue weighted by molar-refractivity contribution is 0.571. The third-order valence-corrected chi connectivity index (χ3v) is 4.01. The first-order valence-corrected chi connectivity index (χ1v) is 6.70. The Bertz CT molecular complexity index is 607. The standard InChI is InChI=1S/C8H7FN4O2S2/c9-5-2-1-3-6(10)7(5)17(14,15)13-8-12-11-4-16-8/h1-4H,10H2,(H,12,13). The third-order valence-electron chi connectivity index (χ3n) is 1.85. The van der Waals surface area contributed by atoms with Crippen LogP contribution < -0.4 is 10.5 Å². The molecule has 1 heterocycles. The number of rotatable bonds is 3. The fourth-order valence-electron chi connectivity index (χ4n) is 1.19. The molecule has 0 unspecified atom stereocenters. The van der Waals surface area contributed by atoms with Crippen LogP contribution in [-0.4, -0.2) is 18.6 Å². The van der Waals surface area contributed by atoms with E-state index in [-0.39, 0.29) is 10.8 Å². The van der Waals surface area contributed by atoms with E-state index in [1.165, 1.54) is 17.6 Å². The van der Waals surface area contributed by atoms with Crippen LogP contribution in [0.2, 0.25) is 0 Å². The fourth-order valence-corrected chi connectivity index (χ4v) is 3.08. The van der Waals surface area contributed by atoms with Crippen molar-refractivity contribution >= 4 is 32.2 Å². The molecule has 17 heavy (non-hydrogen) atoms. The Morgan fingerprint density at radius 3 is 2.76 bits per heavy atom. The molecule has 0 aliphatic carbocycles. The molecule has 2 rings (SSSR count). The van der Waals surface area contributed by atoms with Gasteiger partial charge in [0.25, 0.3) is 10.0 Å². The molecule has 90 valence electrons. The van der Waals surface area contributed by atoms with Gasteiger partial charge in [0.05, 0.1) is 5.69 Å². The van der Waals surface area contributed by atoms with Crippen LogP contribution in [0.4, 0.5) is 15.2 Å². The Morgan fingerprint density at radius 1 is 1.41 bits per heavy atom. The monoisotopic (exact) mass is 274 g/mol. The summed E-state index contributed by atoms with van der Waals surface area (Å²) in [5, 5.41) is 7.01. The second-order valence-corrected chi connectivity index (χ2v) is 5.46. The van der Waals surface area contributed by atoms with Gasteiger partial charge in [-0.25, -0.2) is 12.8 Å². The molecule has 1 aromatic carbocycles. The first kappa shape index (κ1) is 11.7. The Balaban J connectivity index is 2.45. The minimum Gasteiger partial charge on any atom is -0.398 e. The molecule has 6 nitrogen and oxygen atoms in total. The molecule has 9 heteroatoms. The van der Waals surface area contributed by atoms with Crippen molar-refractivity contribution in [2.45, 2.75) is 4.90 Å². The van der Waals surface area contributed by atoms with Gasteiger partial charge in [-0.2, -0.15) is 0 Å². The molecular weight excluding hydrogens is 267 g/mol. The van der Waals surface area contributed by atoms with Crippen LogP contribution in [0.1, 0.15) is 0 Å². The molecule has 3 N–H and O–H groups in total. The predicted molar refractivity (Wildman–Crippen MR) is 61.5 cm³/mol. The highest BCUT2D eigenvalue weighted by molar-refractivity contribution is 7.93. The summed E-state index contributed by atoms with van der Waals surface area (Å²) in [5.74, 6) is -0.915. The van der Waals surface area contributed by atoms with E-state index in [1.807, 2.05) is 0 Å². The summed E-state index contributed by atoms with van der Waals surface area (Å²) in [7, 11) is -4.09. The van der Waals surface area contributed by atoms with Gasteiger partial charge < -0.3 is 5.73 Å². The normalized spacial score (nSPS) is 11.4. The number of nitrogens with zero attached hydrogens (tertiary/aromatic N) is 2. The van der Waals surface area contributed by atoms with E-state index in [0.29, 0.717) is 0 Å². The highest BCUT2D eigenvalue weighted by atomic mass is 32.2. The van der Waals surface area contributed by atoms with Crippen molar-refractivity contribution in [3.05, 3.63) is 29.5 Å². The predicted octanol–water partition coefficient (Wildman–Crippen LogP) is 1.06.